The number of unbranched alkanes of at least 4 members (excludes halogenated alkanes) is 1. The molecule has 0 aromatic rings. The van der Waals surface area contributed by atoms with Gasteiger partial charge >= 0.3 is 0 Å². The van der Waals surface area contributed by atoms with E-state index in [1.54, 1.807) is 6.92 Å². The third-order valence-corrected chi connectivity index (χ3v) is 5.21. The monoisotopic (exact) mass is 381 g/mol. The summed E-state index contributed by atoms with van der Waals surface area (Å²) in [5.41, 5.74) is 0. The molecular weight excluding hydrogens is 350 g/mol. The summed E-state index contributed by atoms with van der Waals surface area (Å²) in [5, 5.41) is 67.7. The molecule has 9 atom stereocenters. The molecule has 0 spiro atoms. The van der Waals surface area contributed by atoms with Crippen LogP contribution in [0.25, 0.3) is 0 Å². The number of likely N-dealkylation sites (tertiary alicyclic amines) is 1. The van der Waals surface area contributed by atoms with E-state index in [-0.39, 0.29) is 19.2 Å². The van der Waals surface area contributed by atoms with Crippen molar-refractivity contribution in [1.29, 1.82) is 0 Å². The maximum absolute atomic E-state index is 9.90. The van der Waals surface area contributed by atoms with E-state index in [4.69, 9.17) is 14.6 Å². The van der Waals surface area contributed by atoms with Crippen LogP contribution < -0.4 is 0 Å². The van der Waals surface area contributed by atoms with E-state index in [1.165, 1.54) is 0 Å². The number of piperidine rings is 1. The normalized spacial score (nSPS) is 45.0. The second kappa shape index (κ2) is 9.69. The highest BCUT2D eigenvalue weighted by atomic mass is 16.7. The van der Waals surface area contributed by atoms with Gasteiger partial charge in [0.2, 0.25) is 0 Å². The number of β-amino-alcohol motifs (C(OH)–C–C–N with tert-alkyl or cyclic N) is 1. The Morgan fingerprint density at radius 1 is 0.923 bits per heavy atom. The average Bonchev–Trinajstić information content (AvgIpc) is 2.63. The Kier molecular flexibility index (Phi) is 8.16. The van der Waals surface area contributed by atoms with Crippen molar-refractivity contribution in [3.63, 3.8) is 0 Å². The van der Waals surface area contributed by atoms with Gasteiger partial charge in [-0.1, -0.05) is 0 Å². The van der Waals surface area contributed by atoms with Crippen molar-refractivity contribution in [2.24, 2.45) is 0 Å². The molecule has 0 saturated carbocycles. The first-order chi connectivity index (χ1) is 12.3. The lowest BCUT2D eigenvalue weighted by Gasteiger charge is -2.42. The number of ether oxygens (including phenoxy) is 2. The van der Waals surface area contributed by atoms with Gasteiger partial charge in [-0.3, -0.25) is 4.90 Å². The van der Waals surface area contributed by atoms with E-state index in [2.05, 4.69) is 0 Å². The van der Waals surface area contributed by atoms with Gasteiger partial charge in [0.05, 0.1) is 18.8 Å². The van der Waals surface area contributed by atoms with Crippen LogP contribution in [-0.2, 0) is 9.47 Å². The van der Waals surface area contributed by atoms with E-state index >= 15 is 0 Å². The van der Waals surface area contributed by atoms with E-state index in [0.29, 0.717) is 19.4 Å². The lowest BCUT2D eigenvalue weighted by molar-refractivity contribution is -0.301. The van der Waals surface area contributed by atoms with Gasteiger partial charge in [0.15, 0.2) is 6.29 Å². The molecule has 0 aromatic heterocycles. The van der Waals surface area contributed by atoms with Crippen LogP contribution in [0.5, 0.6) is 0 Å². The van der Waals surface area contributed by atoms with Gasteiger partial charge in [0.25, 0.3) is 0 Å². The van der Waals surface area contributed by atoms with E-state index in [9.17, 15) is 30.6 Å². The zero-order valence-corrected chi connectivity index (χ0v) is 14.8. The van der Waals surface area contributed by atoms with Crippen molar-refractivity contribution < 1.29 is 45.2 Å². The van der Waals surface area contributed by atoms with Gasteiger partial charge in [-0.25, -0.2) is 0 Å². The molecule has 2 rings (SSSR count). The highest BCUT2D eigenvalue weighted by Gasteiger charge is 2.44. The van der Waals surface area contributed by atoms with E-state index in [0.717, 1.165) is 0 Å². The summed E-state index contributed by atoms with van der Waals surface area (Å²) in [5.74, 6) is 0. The molecule has 2 saturated heterocycles. The van der Waals surface area contributed by atoms with Gasteiger partial charge in [0, 0.05) is 19.2 Å². The molecule has 2 aliphatic rings. The van der Waals surface area contributed by atoms with Crippen LogP contribution in [-0.4, -0.2) is 122 Å². The van der Waals surface area contributed by atoms with Gasteiger partial charge in [-0.15, -0.1) is 0 Å². The largest absolute Gasteiger partial charge is 0.394 e. The second-order valence-electron chi connectivity index (χ2n) is 7.06. The summed E-state index contributed by atoms with van der Waals surface area (Å²) in [6.07, 6.45) is -8.31. The Hall–Kier alpha value is -0.400. The van der Waals surface area contributed by atoms with Crippen LogP contribution in [0.4, 0.5) is 0 Å². The van der Waals surface area contributed by atoms with Crippen LogP contribution in [0.1, 0.15) is 19.8 Å². The Morgan fingerprint density at radius 2 is 1.62 bits per heavy atom. The molecule has 2 heterocycles. The van der Waals surface area contributed by atoms with Gasteiger partial charge in [0.1, 0.15) is 30.5 Å². The van der Waals surface area contributed by atoms with Crippen LogP contribution in [0, 0.1) is 0 Å². The first kappa shape index (κ1) is 21.9. The highest BCUT2D eigenvalue weighted by Crippen LogP contribution is 2.22. The van der Waals surface area contributed by atoms with Gasteiger partial charge < -0.3 is 45.2 Å². The second-order valence-corrected chi connectivity index (χ2v) is 7.06. The molecule has 2 aliphatic heterocycles. The number of aliphatic hydroxyl groups is 7. The minimum Gasteiger partial charge on any atom is -0.394 e. The molecule has 26 heavy (non-hydrogen) atoms. The molecule has 10 heteroatoms. The fourth-order valence-electron chi connectivity index (χ4n) is 3.36. The van der Waals surface area contributed by atoms with Crippen molar-refractivity contribution in [2.45, 2.75) is 74.8 Å². The van der Waals surface area contributed by atoms with Gasteiger partial charge in [-0.2, -0.15) is 0 Å². The molecule has 154 valence electrons. The smallest absolute Gasteiger partial charge is 0.186 e. The molecule has 0 aromatic carbocycles. The fraction of sp³-hybridized carbons (Fsp3) is 1.00. The fourth-order valence-corrected chi connectivity index (χ4v) is 3.36. The number of hydrogen-bond donors (Lipinski definition) is 7. The van der Waals surface area contributed by atoms with Crippen molar-refractivity contribution in [3.05, 3.63) is 0 Å². The first-order valence-corrected chi connectivity index (χ1v) is 8.98. The lowest BCUT2D eigenvalue weighted by Crippen LogP contribution is -2.60. The maximum Gasteiger partial charge on any atom is 0.186 e. The number of aliphatic hydroxyl groups excluding tert-OH is 7. The zero-order valence-electron chi connectivity index (χ0n) is 14.8. The summed E-state index contributed by atoms with van der Waals surface area (Å²) in [6.45, 7) is 2.35. The minimum absolute atomic E-state index is 0.221. The third-order valence-electron chi connectivity index (χ3n) is 5.21. The van der Waals surface area contributed by atoms with Crippen molar-refractivity contribution in [3.8, 4) is 0 Å². The Labute approximate surface area is 152 Å². The predicted octanol–water partition coefficient (Wildman–Crippen LogP) is -3.63. The lowest BCUT2D eigenvalue weighted by atomic mass is 9.95. The molecular formula is C16H31NO9. The average molecular weight is 381 g/mol. The molecule has 0 bridgehead atoms. The molecule has 0 unspecified atom stereocenters. The molecule has 0 amide bonds. The quantitative estimate of drug-likeness (QED) is 0.219. The van der Waals surface area contributed by atoms with E-state index in [1.807, 2.05) is 4.90 Å². The Morgan fingerprint density at radius 3 is 2.27 bits per heavy atom. The number of nitrogens with zero attached hydrogens (tertiary/aromatic N) is 1. The molecule has 7 N–H and O–H groups in total. The van der Waals surface area contributed by atoms with Gasteiger partial charge in [-0.05, 0) is 26.3 Å². The standard InChI is InChI=1S/C16H31NO9/c1-8-11(20)12(21)9(19)6-17(8)4-2-3-5-25-16-15(24)14(23)13(22)10(7-18)26-16/h8-16,18-24H,2-7H2,1H3/t8-,9+,10-,11+,12+,13-,14-,15-,16+/m0/s1. The van der Waals surface area contributed by atoms with Crippen LogP contribution in [0.15, 0.2) is 0 Å². The molecule has 0 aliphatic carbocycles. The summed E-state index contributed by atoms with van der Waals surface area (Å²) < 4.78 is 10.7. The zero-order chi connectivity index (χ0) is 19.4. The number of rotatable bonds is 7. The first-order valence-electron chi connectivity index (χ1n) is 8.98. The van der Waals surface area contributed by atoms with Crippen LogP contribution >= 0.6 is 0 Å². The Bertz CT molecular complexity index is 427. The molecule has 0 radical (unpaired) electrons. The summed E-state index contributed by atoms with van der Waals surface area (Å²) in [4.78, 5) is 1.88. The summed E-state index contributed by atoms with van der Waals surface area (Å²) in [6, 6.07) is -0.278. The van der Waals surface area contributed by atoms with E-state index < -0.39 is 55.6 Å². The Balaban J connectivity index is 1.70. The molecule has 2 fully saturated rings. The summed E-state index contributed by atoms with van der Waals surface area (Å²) in [7, 11) is 0. The van der Waals surface area contributed by atoms with Crippen LogP contribution in [0.2, 0.25) is 0 Å². The van der Waals surface area contributed by atoms with Crippen LogP contribution in [0.3, 0.4) is 0 Å². The molecule has 10 nitrogen and oxygen atoms in total. The van der Waals surface area contributed by atoms with Crippen molar-refractivity contribution in [1.82, 2.24) is 4.90 Å². The SMILES string of the molecule is C[C@H]1[C@@H](O)[C@H](O)[C@H](O)CN1CCCCO[C@@H]1O[C@@H](CO)[C@H](O)[C@H](O)[C@@H]1O. The predicted molar refractivity (Wildman–Crippen MR) is 88.0 cm³/mol. The van der Waals surface area contributed by atoms with Crippen molar-refractivity contribution in [2.75, 3.05) is 26.3 Å². The highest BCUT2D eigenvalue weighted by molar-refractivity contribution is 4.92. The summed E-state index contributed by atoms with van der Waals surface area (Å²) >= 11 is 0. The van der Waals surface area contributed by atoms with Crippen molar-refractivity contribution >= 4 is 0 Å². The maximum atomic E-state index is 9.90. The minimum atomic E-state index is -1.46. The third kappa shape index (κ3) is 4.90. The number of hydrogen-bond acceptors (Lipinski definition) is 10. The topological polar surface area (TPSA) is 163 Å².